The summed E-state index contributed by atoms with van der Waals surface area (Å²) < 4.78 is 5.83. The van der Waals surface area contributed by atoms with E-state index in [4.69, 9.17) is 27.9 Å². The predicted molar refractivity (Wildman–Crippen MR) is 74.8 cm³/mol. The number of hydrogen-bond donors (Lipinski definition) is 0. The van der Waals surface area contributed by atoms with Crippen LogP contribution in [0, 0.1) is 13.8 Å². The van der Waals surface area contributed by atoms with Crippen molar-refractivity contribution in [3.05, 3.63) is 52.3 Å². The molecule has 18 heavy (non-hydrogen) atoms. The van der Waals surface area contributed by atoms with Gasteiger partial charge < -0.3 is 4.74 Å². The predicted octanol–water partition coefficient (Wildman–Crippen LogP) is 4.88. The van der Waals surface area contributed by atoms with E-state index in [1.807, 2.05) is 26.0 Å². The van der Waals surface area contributed by atoms with E-state index in [-0.39, 0.29) is 0 Å². The Morgan fingerprint density at radius 2 is 1.89 bits per heavy atom. The molecule has 0 N–H and O–H groups in total. The lowest BCUT2D eigenvalue weighted by atomic mass is 10.1. The second kappa shape index (κ2) is 5.59. The monoisotopic (exact) mass is 281 g/mol. The average Bonchev–Trinajstić information content (AvgIpc) is 2.36. The van der Waals surface area contributed by atoms with Crippen LogP contribution < -0.4 is 4.74 Å². The van der Waals surface area contributed by atoms with Crippen molar-refractivity contribution in [1.29, 1.82) is 0 Å². The summed E-state index contributed by atoms with van der Waals surface area (Å²) in [5.74, 6) is 1.85. The van der Waals surface area contributed by atoms with Gasteiger partial charge in [0.1, 0.15) is 11.5 Å². The third-order valence-corrected chi connectivity index (χ3v) is 3.52. The third-order valence-electron chi connectivity index (χ3n) is 2.64. The molecule has 4 heteroatoms. The zero-order valence-corrected chi connectivity index (χ0v) is 11.7. The van der Waals surface area contributed by atoms with E-state index in [2.05, 4.69) is 4.98 Å². The number of hydrogen-bond acceptors (Lipinski definition) is 2. The topological polar surface area (TPSA) is 22.1 Å². The minimum absolute atomic E-state index is 0.370. The summed E-state index contributed by atoms with van der Waals surface area (Å²) in [7, 11) is 0. The quantitative estimate of drug-likeness (QED) is 0.748. The molecule has 0 aliphatic rings. The highest BCUT2D eigenvalue weighted by molar-refractivity contribution is 6.32. The molecular formula is C14H13Cl2NO. The molecule has 0 atom stereocenters. The van der Waals surface area contributed by atoms with Crippen LogP contribution in [0.5, 0.6) is 11.5 Å². The maximum absolute atomic E-state index is 6.12. The zero-order valence-electron chi connectivity index (χ0n) is 10.2. The molecule has 1 aromatic heterocycles. The molecule has 1 aromatic carbocycles. The van der Waals surface area contributed by atoms with Crippen molar-refractivity contribution >= 4 is 23.2 Å². The summed E-state index contributed by atoms with van der Waals surface area (Å²) in [5.41, 5.74) is 2.85. The maximum atomic E-state index is 6.12. The molecule has 0 radical (unpaired) electrons. The summed E-state index contributed by atoms with van der Waals surface area (Å²) >= 11 is 12.0. The summed E-state index contributed by atoms with van der Waals surface area (Å²) in [4.78, 5) is 4.02. The minimum atomic E-state index is 0.370. The molecule has 1 heterocycles. The molecule has 94 valence electrons. The standard InChI is InChI=1S/C14H13Cl2NO/c1-9-5-12(6-10(2)14(9)16)18-13-3-4-17-8-11(13)7-15/h3-6,8H,7H2,1-2H3. The Kier molecular flexibility index (Phi) is 4.10. The molecule has 0 unspecified atom stereocenters. The van der Waals surface area contributed by atoms with Gasteiger partial charge in [-0.05, 0) is 43.2 Å². The summed E-state index contributed by atoms with van der Waals surface area (Å²) in [6.07, 6.45) is 3.39. The number of halogens is 2. The van der Waals surface area contributed by atoms with Gasteiger partial charge in [-0.1, -0.05) is 11.6 Å². The van der Waals surface area contributed by atoms with Crippen LogP contribution in [0.25, 0.3) is 0 Å². The lowest BCUT2D eigenvalue weighted by Crippen LogP contribution is -1.92. The second-order valence-corrected chi connectivity index (χ2v) is 4.74. The number of rotatable bonds is 3. The third kappa shape index (κ3) is 2.77. The molecule has 2 rings (SSSR count). The number of nitrogens with zero attached hydrogens (tertiary/aromatic N) is 1. The zero-order chi connectivity index (χ0) is 13.1. The largest absolute Gasteiger partial charge is 0.457 e. The van der Waals surface area contributed by atoms with Gasteiger partial charge in [0.15, 0.2) is 0 Å². The van der Waals surface area contributed by atoms with E-state index < -0.39 is 0 Å². The summed E-state index contributed by atoms with van der Waals surface area (Å²) in [5, 5.41) is 0.773. The van der Waals surface area contributed by atoms with Crippen LogP contribution >= 0.6 is 23.2 Å². The molecule has 0 bridgehead atoms. The van der Waals surface area contributed by atoms with Crippen LogP contribution in [0.15, 0.2) is 30.6 Å². The fourth-order valence-corrected chi connectivity index (χ4v) is 2.02. The van der Waals surface area contributed by atoms with Gasteiger partial charge in [0.05, 0.1) is 5.88 Å². The Morgan fingerprint density at radius 3 is 2.50 bits per heavy atom. The van der Waals surface area contributed by atoms with Crippen LogP contribution in [-0.2, 0) is 5.88 Å². The van der Waals surface area contributed by atoms with Crippen LogP contribution in [0.1, 0.15) is 16.7 Å². The van der Waals surface area contributed by atoms with E-state index in [0.29, 0.717) is 5.88 Å². The highest BCUT2D eigenvalue weighted by Crippen LogP contribution is 2.30. The Morgan fingerprint density at radius 1 is 1.22 bits per heavy atom. The number of pyridine rings is 1. The van der Waals surface area contributed by atoms with Crippen molar-refractivity contribution in [2.75, 3.05) is 0 Å². The van der Waals surface area contributed by atoms with Crippen LogP contribution in [0.3, 0.4) is 0 Å². The van der Waals surface area contributed by atoms with Gasteiger partial charge in [-0.15, -0.1) is 11.6 Å². The highest BCUT2D eigenvalue weighted by atomic mass is 35.5. The van der Waals surface area contributed by atoms with Crippen LogP contribution in [0.4, 0.5) is 0 Å². The lowest BCUT2D eigenvalue weighted by Gasteiger charge is -2.11. The van der Waals surface area contributed by atoms with Crippen molar-refractivity contribution in [2.45, 2.75) is 19.7 Å². The molecule has 2 aromatic rings. The Bertz CT molecular complexity index is 546. The van der Waals surface area contributed by atoms with Gasteiger partial charge in [-0.25, -0.2) is 0 Å². The number of benzene rings is 1. The number of alkyl halides is 1. The number of ether oxygens (including phenoxy) is 1. The Balaban J connectivity index is 2.34. The van der Waals surface area contributed by atoms with E-state index in [1.54, 1.807) is 18.5 Å². The number of aromatic nitrogens is 1. The number of aryl methyl sites for hydroxylation is 2. The van der Waals surface area contributed by atoms with Gasteiger partial charge in [-0.2, -0.15) is 0 Å². The van der Waals surface area contributed by atoms with Gasteiger partial charge in [-0.3, -0.25) is 4.98 Å². The average molecular weight is 282 g/mol. The SMILES string of the molecule is Cc1cc(Oc2ccncc2CCl)cc(C)c1Cl. The van der Waals surface area contributed by atoms with Crippen molar-refractivity contribution in [3.8, 4) is 11.5 Å². The smallest absolute Gasteiger partial charge is 0.134 e. The first-order chi connectivity index (χ1) is 8.61. The van der Waals surface area contributed by atoms with Gasteiger partial charge >= 0.3 is 0 Å². The normalized spacial score (nSPS) is 10.4. The molecule has 0 aliphatic heterocycles. The van der Waals surface area contributed by atoms with Crippen LogP contribution in [0.2, 0.25) is 5.02 Å². The van der Waals surface area contributed by atoms with E-state index in [1.165, 1.54) is 0 Å². The first-order valence-corrected chi connectivity index (χ1v) is 6.46. The first-order valence-electron chi connectivity index (χ1n) is 5.55. The highest BCUT2D eigenvalue weighted by Gasteiger charge is 2.07. The molecule has 0 fully saturated rings. The van der Waals surface area contributed by atoms with Gasteiger partial charge in [0.2, 0.25) is 0 Å². The minimum Gasteiger partial charge on any atom is -0.457 e. The van der Waals surface area contributed by atoms with Gasteiger partial charge in [0, 0.05) is 23.0 Å². The molecule has 2 nitrogen and oxygen atoms in total. The van der Waals surface area contributed by atoms with Crippen molar-refractivity contribution in [3.63, 3.8) is 0 Å². The van der Waals surface area contributed by atoms with Crippen LogP contribution in [-0.4, -0.2) is 4.98 Å². The van der Waals surface area contributed by atoms with Crippen molar-refractivity contribution in [1.82, 2.24) is 4.98 Å². The van der Waals surface area contributed by atoms with Gasteiger partial charge in [0.25, 0.3) is 0 Å². The van der Waals surface area contributed by atoms with Crippen molar-refractivity contribution < 1.29 is 4.74 Å². The first kappa shape index (κ1) is 13.2. The molecule has 0 saturated carbocycles. The molecule has 0 spiro atoms. The van der Waals surface area contributed by atoms with Crippen molar-refractivity contribution in [2.24, 2.45) is 0 Å². The molecular weight excluding hydrogens is 269 g/mol. The molecule has 0 amide bonds. The fourth-order valence-electron chi connectivity index (χ4n) is 1.71. The maximum Gasteiger partial charge on any atom is 0.134 e. The summed E-state index contributed by atoms with van der Waals surface area (Å²) in [6.45, 7) is 3.91. The second-order valence-electron chi connectivity index (χ2n) is 4.09. The van der Waals surface area contributed by atoms with E-state index in [9.17, 15) is 0 Å². The van der Waals surface area contributed by atoms with E-state index >= 15 is 0 Å². The Labute approximate surface area is 117 Å². The molecule has 0 aliphatic carbocycles. The summed E-state index contributed by atoms with van der Waals surface area (Å²) in [6, 6.07) is 5.62. The lowest BCUT2D eigenvalue weighted by molar-refractivity contribution is 0.476. The molecule has 0 saturated heterocycles. The fraction of sp³-hybridized carbons (Fsp3) is 0.214. The Hall–Kier alpha value is -1.25. The van der Waals surface area contributed by atoms with E-state index in [0.717, 1.165) is 33.2 Å².